The van der Waals surface area contributed by atoms with Crippen molar-refractivity contribution in [2.24, 2.45) is 0 Å². The number of hydrogen-bond donors (Lipinski definition) is 2. The number of benzene rings is 2. The Hall–Kier alpha value is -3.15. The van der Waals surface area contributed by atoms with Crippen LogP contribution in [0.15, 0.2) is 60.8 Å². The first kappa shape index (κ1) is 17.7. The van der Waals surface area contributed by atoms with Crippen LogP contribution < -0.4 is 15.4 Å². The highest BCUT2D eigenvalue weighted by Gasteiger charge is 2.03. The number of ether oxygens (including phenoxy) is 1. The molecule has 0 aliphatic heterocycles. The maximum atomic E-state index is 13.6. The van der Waals surface area contributed by atoms with Gasteiger partial charge in [-0.05, 0) is 55.3 Å². The number of rotatable bonds is 8. The maximum absolute atomic E-state index is 13.6. The van der Waals surface area contributed by atoms with Crippen LogP contribution >= 0.6 is 0 Å². The third-order valence-electron chi connectivity index (χ3n) is 3.73. The van der Waals surface area contributed by atoms with E-state index >= 15 is 0 Å². The van der Waals surface area contributed by atoms with E-state index in [0.29, 0.717) is 36.9 Å². The highest BCUT2D eigenvalue weighted by Crippen LogP contribution is 2.19. The summed E-state index contributed by atoms with van der Waals surface area (Å²) < 4.78 is 19.0. The van der Waals surface area contributed by atoms with E-state index < -0.39 is 0 Å². The van der Waals surface area contributed by atoms with Gasteiger partial charge in [-0.2, -0.15) is 4.98 Å². The lowest BCUT2D eigenvalue weighted by Gasteiger charge is -2.09. The van der Waals surface area contributed by atoms with Crippen molar-refractivity contribution < 1.29 is 9.13 Å². The molecule has 2 aromatic carbocycles. The highest BCUT2D eigenvalue weighted by atomic mass is 19.1. The number of nitrogens with one attached hydrogen (secondary N) is 2. The van der Waals surface area contributed by atoms with Gasteiger partial charge in [0.15, 0.2) is 0 Å². The van der Waals surface area contributed by atoms with Gasteiger partial charge >= 0.3 is 0 Å². The average Bonchev–Trinajstić information content (AvgIpc) is 2.66. The molecular formula is C20H21FN4O. The summed E-state index contributed by atoms with van der Waals surface area (Å²) in [6.07, 6.45) is 2.24. The second-order valence-corrected chi connectivity index (χ2v) is 5.62. The summed E-state index contributed by atoms with van der Waals surface area (Å²) in [5.41, 5.74) is 1.58. The molecule has 0 bridgehead atoms. The van der Waals surface area contributed by atoms with Crippen molar-refractivity contribution in [1.29, 1.82) is 0 Å². The van der Waals surface area contributed by atoms with E-state index in [1.165, 1.54) is 6.07 Å². The Morgan fingerprint density at radius 2 is 1.85 bits per heavy atom. The van der Waals surface area contributed by atoms with E-state index in [2.05, 4.69) is 20.6 Å². The van der Waals surface area contributed by atoms with Crippen LogP contribution in [-0.2, 0) is 6.42 Å². The molecule has 2 N–H and O–H groups in total. The fourth-order valence-corrected chi connectivity index (χ4v) is 2.47. The minimum Gasteiger partial charge on any atom is -0.494 e. The molecule has 0 radical (unpaired) electrons. The predicted octanol–water partition coefficient (Wildman–Crippen LogP) is 4.41. The number of halogens is 1. The van der Waals surface area contributed by atoms with Crippen LogP contribution in [-0.4, -0.2) is 23.1 Å². The zero-order valence-corrected chi connectivity index (χ0v) is 14.6. The van der Waals surface area contributed by atoms with Crippen LogP contribution in [0.1, 0.15) is 12.5 Å². The highest BCUT2D eigenvalue weighted by molar-refractivity contribution is 5.57. The second-order valence-electron chi connectivity index (χ2n) is 5.62. The first-order chi connectivity index (χ1) is 12.7. The van der Waals surface area contributed by atoms with Gasteiger partial charge in [-0.1, -0.05) is 18.2 Å². The van der Waals surface area contributed by atoms with Crippen molar-refractivity contribution >= 4 is 17.5 Å². The maximum Gasteiger partial charge on any atom is 0.224 e. The first-order valence-corrected chi connectivity index (χ1v) is 8.55. The molecule has 3 rings (SSSR count). The molecule has 26 heavy (non-hydrogen) atoms. The van der Waals surface area contributed by atoms with Gasteiger partial charge in [0, 0.05) is 18.4 Å². The summed E-state index contributed by atoms with van der Waals surface area (Å²) in [6.45, 7) is 3.14. The smallest absolute Gasteiger partial charge is 0.224 e. The van der Waals surface area contributed by atoms with Crippen LogP contribution in [0.3, 0.4) is 0 Å². The zero-order chi connectivity index (χ0) is 18.2. The fourth-order valence-electron chi connectivity index (χ4n) is 2.47. The van der Waals surface area contributed by atoms with Gasteiger partial charge in [-0.3, -0.25) is 0 Å². The first-order valence-electron chi connectivity index (χ1n) is 8.55. The molecule has 6 heteroatoms. The molecule has 0 amide bonds. The molecule has 0 aliphatic carbocycles. The standard InChI is InChI=1S/C20H21FN4O/c1-2-26-17-9-7-16(8-10-17)24-19-12-14-23-20(25-19)22-13-11-15-5-3-4-6-18(15)21/h3-10,12,14H,2,11,13H2,1H3,(H2,22,23,24,25). The molecule has 134 valence electrons. The molecule has 0 spiro atoms. The van der Waals surface area contributed by atoms with E-state index in [9.17, 15) is 4.39 Å². The van der Waals surface area contributed by atoms with Crippen molar-refractivity contribution in [2.75, 3.05) is 23.8 Å². The second kappa shape index (κ2) is 8.80. The van der Waals surface area contributed by atoms with Gasteiger partial charge in [0.25, 0.3) is 0 Å². The molecule has 0 aliphatic rings. The zero-order valence-electron chi connectivity index (χ0n) is 14.6. The van der Waals surface area contributed by atoms with E-state index in [-0.39, 0.29) is 5.82 Å². The third-order valence-corrected chi connectivity index (χ3v) is 3.73. The fraction of sp³-hybridized carbons (Fsp3) is 0.200. The van der Waals surface area contributed by atoms with E-state index in [0.717, 1.165) is 11.4 Å². The molecule has 5 nitrogen and oxygen atoms in total. The predicted molar refractivity (Wildman–Crippen MR) is 102 cm³/mol. The Labute approximate surface area is 152 Å². The van der Waals surface area contributed by atoms with Gasteiger partial charge < -0.3 is 15.4 Å². The summed E-state index contributed by atoms with van der Waals surface area (Å²) in [4.78, 5) is 8.62. The molecule has 3 aromatic rings. The van der Waals surface area contributed by atoms with E-state index in [1.807, 2.05) is 37.3 Å². The number of hydrogen-bond acceptors (Lipinski definition) is 5. The third kappa shape index (κ3) is 4.92. The number of aromatic nitrogens is 2. The van der Waals surface area contributed by atoms with Gasteiger partial charge in [0.05, 0.1) is 6.61 Å². The monoisotopic (exact) mass is 352 g/mol. The van der Waals surface area contributed by atoms with E-state index in [1.54, 1.807) is 24.4 Å². The van der Waals surface area contributed by atoms with Crippen LogP contribution in [0.4, 0.5) is 21.8 Å². The molecule has 1 aromatic heterocycles. The lowest BCUT2D eigenvalue weighted by Crippen LogP contribution is -2.09. The van der Waals surface area contributed by atoms with Crippen LogP contribution in [0.25, 0.3) is 0 Å². The summed E-state index contributed by atoms with van der Waals surface area (Å²) in [6, 6.07) is 16.2. The number of anilines is 3. The van der Waals surface area contributed by atoms with Crippen molar-refractivity contribution in [3.63, 3.8) is 0 Å². The molecule has 0 fully saturated rings. The molecular weight excluding hydrogens is 331 g/mol. The Morgan fingerprint density at radius 3 is 2.62 bits per heavy atom. The minimum absolute atomic E-state index is 0.193. The summed E-state index contributed by atoms with van der Waals surface area (Å²) in [7, 11) is 0. The van der Waals surface area contributed by atoms with Gasteiger partial charge in [-0.25, -0.2) is 9.37 Å². The molecule has 0 unspecified atom stereocenters. The number of nitrogens with zero attached hydrogens (tertiary/aromatic N) is 2. The van der Waals surface area contributed by atoms with Gasteiger partial charge in [0.2, 0.25) is 5.95 Å². The molecule has 1 heterocycles. The van der Waals surface area contributed by atoms with Crippen molar-refractivity contribution in [1.82, 2.24) is 9.97 Å². The SMILES string of the molecule is CCOc1ccc(Nc2ccnc(NCCc3ccccc3F)n2)cc1. The van der Waals surface area contributed by atoms with Gasteiger partial charge in [0.1, 0.15) is 17.4 Å². The Kier molecular flexibility index (Phi) is 5.98. The lowest BCUT2D eigenvalue weighted by molar-refractivity contribution is 0.340. The summed E-state index contributed by atoms with van der Waals surface area (Å²) >= 11 is 0. The Balaban J connectivity index is 1.56. The normalized spacial score (nSPS) is 10.4. The Morgan fingerprint density at radius 1 is 1.04 bits per heavy atom. The minimum atomic E-state index is -0.193. The largest absolute Gasteiger partial charge is 0.494 e. The van der Waals surface area contributed by atoms with Crippen LogP contribution in [0.5, 0.6) is 5.75 Å². The molecule has 0 saturated carbocycles. The quantitative estimate of drug-likeness (QED) is 0.629. The average molecular weight is 352 g/mol. The van der Waals surface area contributed by atoms with Crippen LogP contribution in [0.2, 0.25) is 0 Å². The summed E-state index contributed by atoms with van der Waals surface area (Å²) in [5.74, 6) is 1.81. The Bertz CT molecular complexity index is 839. The molecule has 0 saturated heterocycles. The van der Waals surface area contributed by atoms with Gasteiger partial charge in [-0.15, -0.1) is 0 Å². The van der Waals surface area contributed by atoms with Crippen molar-refractivity contribution in [3.8, 4) is 5.75 Å². The molecule has 0 atom stereocenters. The topological polar surface area (TPSA) is 59.1 Å². The summed E-state index contributed by atoms with van der Waals surface area (Å²) in [5, 5.41) is 6.35. The van der Waals surface area contributed by atoms with Crippen LogP contribution in [0, 0.1) is 5.82 Å². The van der Waals surface area contributed by atoms with Crippen molar-refractivity contribution in [2.45, 2.75) is 13.3 Å². The van der Waals surface area contributed by atoms with Crippen molar-refractivity contribution in [3.05, 3.63) is 72.2 Å². The lowest BCUT2D eigenvalue weighted by atomic mass is 10.1. The van der Waals surface area contributed by atoms with E-state index in [4.69, 9.17) is 4.74 Å².